The van der Waals surface area contributed by atoms with Gasteiger partial charge in [0.1, 0.15) is 0 Å². The van der Waals surface area contributed by atoms with Gasteiger partial charge in [0.2, 0.25) is 6.10 Å². The van der Waals surface area contributed by atoms with E-state index in [2.05, 4.69) is 0 Å². The molecule has 0 radical (unpaired) electrons. The standard InChI is InChI=1S/C27H24F3NO5S/c1-19-11-13-22(14-12-19)37(33,34)31-17-15-21(20-7-3-2-4-8-20)16-18-35-26(32)36-25(27(28,29)30)23-9-5-6-10-24(23)31/h2-15,25H,16-18H2,1H3/b21-15+. The van der Waals surface area contributed by atoms with E-state index in [-0.39, 0.29) is 30.2 Å². The molecule has 6 nitrogen and oxygen atoms in total. The lowest BCUT2D eigenvalue weighted by atomic mass is 10.0. The number of benzene rings is 3. The number of cyclic esters (lactones) is 2. The van der Waals surface area contributed by atoms with Gasteiger partial charge in [0, 0.05) is 12.0 Å². The molecular weight excluding hydrogens is 507 g/mol. The van der Waals surface area contributed by atoms with Crippen LogP contribution in [-0.4, -0.2) is 33.9 Å². The molecule has 0 bridgehead atoms. The normalized spacial score (nSPS) is 18.8. The molecule has 1 aliphatic heterocycles. The summed E-state index contributed by atoms with van der Waals surface area (Å²) in [5, 5.41) is 0. The Bertz CT molecular complexity index is 1390. The number of aryl methyl sites for hydroxylation is 1. The number of sulfonamides is 1. The van der Waals surface area contributed by atoms with Crippen LogP contribution in [0.15, 0.2) is 89.8 Å². The average molecular weight is 532 g/mol. The van der Waals surface area contributed by atoms with E-state index in [1.54, 1.807) is 37.3 Å². The molecule has 1 aliphatic rings. The zero-order chi connectivity index (χ0) is 26.6. The summed E-state index contributed by atoms with van der Waals surface area (Å²) < 4.78 is 80.5. The van der Waals surface area contributed by atoms with E-state index in [9.17, 15) is 26.4 Å². The fraction of sp³-hybridized carbons (Fsp3) is 0.222. The fourth-order valence-corrected chi connectivity index (χ4v) is 5.42. The van der Waals surface area contributed by atoms with Gasteiger partial charge in [-0.15, -0.1) is 0 Å². The van der Waals surface area contributed by atoms with Gasteiger partial charge in [0.15, 0.2) is 0 Å². The number of para-hydroxylation sites is 1. The van der Waals surface area contributed by atoms with Crippen LogP contribution in [0.1, 0.15) is 29.2 Å². The summed E-state index contributed by atoms with van der Waals surface area (Å²) in [6.45, 7) is 1.27. The number of anilines is 1. The molecule has 37 heavy (non-hydrogen) atoms. The highest BCUT2D eigenvalue weighted by atomic mass is 32.2. The molecule has 0 N–H and O–H groups in total. The Morgan fingerprint density at radius 1 is 0.919 bits per heavy atom. The molecule has 3 aromatic carbocycles. The maximum atomic E-state index is 14.1. The maximum Gasteiger partial charge on any atom is 0.509 e. The number of nitrogens with zero attached hydrogens (tertiary/aromatic N) is 1. The van der Waals surface area contributed by atoms with Crippen LogP contribution in [0.2, 0.25) is 0 Å². The van der Waals surface area contributed by atoms with Crippen molar-refractivity contribution in [2.75, 3.05) is 17.5 Å². The Morgan fingerprint density at radius 2 is 1.57 bits per heavy atom. The number of hydrogen-bond acceptors (Lipinski definition) is 5. The number of halogens is 3. The minimum atomic E-state index is -5.02. The van der Waals surface area contributed by atoms with E-state index in [0.29, 0.717) is 5.57 Å². The molecule has 10 heteroatoms. The smallest absolute Gasteiger partial charge is 0.434 e. The van der Waals surface area contributed by atoms with Crippen LogP contribution < -0.4 is 4.31 Å². The molecule has 0 aliphatic carbocycles. The van der Waals surface area contributed by atoms with Crippen molar-refractivity contribution < 1.29 is 35.9 Å². The number of carbonyl (C=O) groups excluding carboxylic acids is 1. The molecule has 1 unspecified atom stereocenters. The first-order valence-electron chi connectivity index (χ1n) is 11.4. The molecule has 0 saturated carbocycles. The molecule has 0 saturated heterocycles. The second-order valence-electron chi connectivity index (χ2n) is 8.39. The van der Waals surface area contributed by atoms with Crippen molar-refractivity contribution in [1.29, 1.82) is 0 Å². The lowest BCUT2D eigenvalue weighted by molar-refractivity contribution is -0.211. The van der Waals surface area contributed by atoms with Crippen molar-refractivity contribution >= 4 is 27.4 Å². The molecular formula is C27H24F3NO5S. The molecule has 0 aromatic heterocycles. The zero-order valence-corrected chi connectivity index (χ0v) is 20.6. The largest absolute Gasteiger partial charge is 0.509 e. The Labute approximate surface area is 213 Å². The van der Waals surface area contributed by atoms with Crippen molar-refractivity contribution in [3.8, 4) is 0 Å². The average Bonchev–Trinajstić information content (AvgIpc) is 2.86. The van der Waals surface area contributed by atoms with Crippen LogP contribution in [0, 0.1) is 6.92 Å². The summed E-state index contributed by atoms with van der Waals surface area (Å²) in [4.78, 5) is 12.2. The lowest BCUT2D eigenvalue weighted by Crippen LogP contribution is -2.35. The van der Waals surface area contributed by atoms with Gasteiger partial charge in [0.25, 0.3) is 10.0 Å². The van der Waals surface area contributed by atoms with Gasteiger partial charge < -0.3 is 9.47 Å². The number of hydrogen-bond donors (Lipinski definition) is 0. The summed E-state index contributed by atoms with van der Waals surface area (Å²) >= 11 is 0. The highest BCUT2D eigenvalue weighted by molar-refractivity contribution is 7.92. The van der Waals surface area contributed by atoms with Gasteiger partial charge in [-0.1, -0.05) is 72.3 Å². The monoisotopic (exact) mass is 531 g/mol. The summed E-state index contributed by atoms with van der Waals surface area (Å²) in [5.41, 5.74) is 1.44. The number of alkyl halides is 3. The highest BCUT2D eigenvalue weighted by Gasteiger charge is 2.47. The fourth-order valence-electron chi connectivity index (χ4n) is 3.99. The second kappa shape index (κ2) is 10.7. The second-order valence-corrected chi connectivity index (χ2v) is 10.3. The Kier molecular flexibility index (Phi) is 7.58. The summed E-state index contributed by atoms with van der Waals surface area (Å²) in [6.07, 6.45) is -7.50. The van der Waals surface area contributed by atoms with E-state index < -0.39 is 34.0 Å². The van der Waals surface area contributed by atoms with E-state index >= 15 is 0 Å². The summed E-state index contributed by atoms with van der Waals surface area (Å²) in [6, 6.07) is 20.1. The third-order valence-corrected chi connectivity index (χ3v) is 7.64. The molecule has 0 amide bonds. The number of fused-ring (bicyclic) bond motifs is 1. The van der Waals surface area contributed by atoms with E-state index in [1.165, 1.54) is 30.3 Å². The van der Waals surface area contributed by atoms with E-state index in [4.69, 9.17) is 9.47 Å². The highest BCUT2D eigenvalue weighted by Crippen LogP contribution is 2.42. The van der Waals surface area contributed by atoms with Crippen molar-refractivity contribution in [1.82, 2.24) is 0 Å². The van der Waals surface area contributed by atoms with Crippen molar-refractivity contribution in [2.45, 2.75) is 30.5 Å². The minimum absolute atomic E-state index is 0.0847. The molecule has 4 rings (SSSR count). The van der Waals surface area contributed by atoms with Crippen molar-refractivity contribution in [3.05, 3.63) is 102 Å². The number of carbonyl (C=O) groups is 1. The zero-order valence-electron chi connectivity index (χ0n) is 19.8. The first kappa shape index (κ1) is 26.3. The maximum absolute atomic E-state index is 14.1. The molecule has 1 atom stereocenters. The Balaban J connectivity index is 1.93. The third-order valence-electron chi connectivity index (χ3n) is 5.85. The molecule has 3 aromatic rings. The van der Waals surface area contributed by atoms with Gasteiger partial charge in [-0.25, -0.2) is 13.2 Å². The quantitative estimate of drug-likeness (QED) is 0.364. The number of ether oxygens (including phenoxy) is 2. The van der Waals surface area contributed by atoms with Crippen LogP contribution in [-0.2, 0) is 19.5 Å². The SMILES string of the molecule is Cc1ccc(S(=O)(=O)N2C/C=C(/c3ccccc3)CCOC(=O)OC(C(F)(F)F)c3ccccc32)cc1. The topological polar surface area (TPSA) is 72.9 Å². The molecule has 0 spiro atoms. The lowest BCUT2D eigenvalue weighted by Gasteiger charge is -2.30. The van der Waals surface area contributed by atoms with E-state index in [0.717, 1.165) is 21.5 Å². The van der Waals surface area contributed by atoms with Gasteiger partial charge >= 0.3 is 12.3 Å². The Hall–Kier alpha value is -3.79. The first-order chi connectivity index (χ1) is 17.6. The molecule has 0 fully saturated rings. The first-order valence-corrected chi connectivity index (χ1v) is 12.8. The minimum Gasteiger partial charge on any atom is -0.434 e. The molecule has 194 valence electrons. The van der Waals surface area contributed by atoms with Crippen LogP contribution in [0.5, 0.6) is 0 Å². The predicted molar refractivity (Wildman–Crippen MR) is 132 cm³/mol. The third kappa shape index (κ3) is 5.96. The van der Waals surface area contributed by atoms with E-state index in [1.807, 2.05) is 18.2 Å². The van der Waals surface area contributed by atoms with Crippen LogP contribution in [0.25, 0.3) is 5.57 Å². The Morgan fingerprint density at radius 3 is 2.24 bits per heavy atom. The van der Waals surface area contributed by atoms with Gasteiger partial charge in [-0.05, 0) is 36.3 Å². The molecule has 1 heterocycles. The van der Waals surface area contributed by atoms with Crippen molar-refractivity contribution in [2.24, 2.45) is 0 Å². The van der Waals surface area contributed by atoms with Gasteiger partial charge in [-0.3, -0.25) is 4.31 Å². The summed E-state index contributed by atoms with van der Waals surface area (Å²) in [5.74, 6) is 0. The van der Waals surface area contributed by atoms with Crippen LogP contribution in [0.3, 0.4) is 0 Å². The van der Waals surface area contributed by atoms with Crippen LogP contribution >= 0.6 is 0 Å². The van der Waals surface area contributed by atoms with Crippen LogP contribution in [0.4, 0.5) is 23.7 Å². The van der Waals surface area contributed by atoms with Gasteiger partial charge in [-0.2, -0.15) is 13.2 Å². The summed E-state index contributed by atoms with van der Waals surface area (Å²) in [7, 11) is -4.32. The van der Waals surface area contributed by atoms with Gasteiger partial charge in [0.05, 0.1) is 23.7 Å². The predicted octanol–water partition coefficient (Wildman–Crippen LogP) is 6.43. The number of rotatable bonds is 3. The van der Waals surface area contributed by atoms with Crippen molar-refractivity contribution in [3.63, 3.8) is 0 Å².